The summed E-state index contributed by atoms with van der Waals surface area (Å²) in [7, 11) is 0. The van der Waals surface area contributed by atoms with Crippen LogP contribution < -0.4 is 10.1 Å². The van der Waals surface area contributed by atoms with Gasteiger partial charge in [0.2, 0.25) is 0 Å². The Morgan fingerprint density at radius 3 is 2.26 bits per heavy atom. The third-order valence-corrected chi connectivity index (χ3v) is 6.87. The molecule has 0 radical (unpaired) electrons. The highest BCUT2D eigenvalue weighted by molar-refractivity contribution is 5.28. The molecule has 0 aromatic heterocycles. The molecular formula is C24H29NO2. The van der Waals surface area contributed by atoms with Crippen LogP contribution in [0.1, 0.15) is 49.7 Å². The lowest BCUT2D eigenvalue weighted by molar-refractivity contribution is -0.142. The first-order valence-electron chi connectivity index (χ1n) is 10.3. The van der Waals surface area contributed by atoms with Crippen molar-refractivity contribution in [3.8, 4) is 5.75 Å². The molecule has 2 N–H and O–H groups in total. The molecule has 0 heterocycles. The number of aliphatic hydroxyl groups is 1. The molecule has 3 heteroatoms. The number of benzene rings is 2. The lowest BCUT2D eigenvalue weighted by Crippen LogP contribution is -2.64. The molecule has 0 spiro atoms. The number of nitrogens with one attached hydrogen (secondary N) is 1. The minimum atomic E-state index is -0.397. The first-order valence-corrected chi connectivity index (χ1v) is 10.3. The molecule has 4 aliphatic rings. The van der Waals surface area contributed by atoms with Gasteiger partial charge in [-0.15, -0.1) is 0 Å². The average molecular weight is 364 g/mol. The SMILES string of the molecule is OC12C[C@H]3C[C@@H](C1)CC(NCc1ccc(OCc4ccccc4)cc1)(C3)C2. The van der Waals surface area contributed by atoms with E-state index in [1.807, 2.05) is 18.2 Å². The Balaban J connectivity index is 1.18. The number of hydrogen-bond donors (Lipinski definition) is 2. The summed E-state index contributed by atoms with van der Waals surface area (Å²) >= 11 is 0. The number of hydrogen-bond acceptors (Lipinski definition) is 3. The van der Waals surface area contributed by atoms with Gasteiger partial charge in [-0.3, -0.25) is 0 Å². The predicted molar refractivity (Wildman–Crippen MR) is 106 cm³/mol. The molecule has 6 rings (SSSR count). The summed E-state index contributed by atoms with van der Waals surface area (Å²) in [6.07, 6.45) is 6.80. The molecule has 27 heavy (non-hydrogen) atoms. The maximum Gasteiger partial charge on any atom is 0.119 e. The fraction of sp³-hybridized carbons (Fsp3) is 0.500. The smallest absolute Gasteiger partial charge is 0.119 e. The fourth-order valence-corrected chi connectivity index (χ4v) is 6.16. The Kier molecular flexibility index (Phi) is 4.25. The third kappa shape index (κ3) is 3.63. The fourth-order valence-electron chi connectivity index (χ4n) is 6.16. The van der Waals surface area contributed by atoms with Crippen molar-refractivity contribution in [1.29, 1.82) is 0 Å². The van der Waals surface area contributed by atoms with Crippen LogP contribution in [0.5, 0.6) is 5.75 Å². The second-order valence-corrected chi connectivity index (χ2v) is 9.24. The van der Waals surface area contributed by atoms with Gasteiger partial charge in [0.15, 0.2) is 0 Å². The minimum absolute atomic E-state index is 0.154. The summed E-state index contributed by atoms with van der Waals surface area (Å²) in [5.74, 6) is 2.35. The van der Waals surface area contributed by atoms with E-state index in [2.05, 4.69) is 41.7 Å². The van der Waals surface area contributed by atoms with Crippen molar-refractivity contribution in [3.05, 3.63) is 65.7 Å². The third-order valence-electron chi connectivity index (χ3n) is 6.87. The van der Waals surface area contributed by atoms with E-state index in [1.54, 1.807) is 0 Å². The van der Waals surface area contributed by atoms with Gasteiger partial charge in [0.25, 0.3) is 0 Å². The van der Waals surface area contributed by atoms with Gasteiger partial charge in [0, 0.05) is 12.1 Å². The molecule has 4 aliphatic carbocycles. The van der Waals surface area contributed by atoms with Gasteiger partial charge in [0.1, 0.15) is 12.4 Å². The van der Waals surface area contributed by atoms with E-state index in [4.69, 9.17) is 4.74 Å². The molecule has 142 valence electrons. The summed E-state index contributed by atoms with van der Waals surface area (Å²) in [6.45, 7) is 1.47. The van der Waals surface area contributed by atoms with E-state index in [9.17, 15) is 5.11 Å². The van der Waals surface area contributed by atoms with E-state index in [0.29, 0.717) is 6.61 Å². The van der Waals surface area contributed by atoms with E-state index in [0.717, 1.165) is 43.4 Å². The largest absolute Gasteiger partial charge is 0.489 e. The maximum absolute atomic E-state index is 10.9. The molecule has 4 saturated carbocycles. The highest BCUT2D eigenvalue weighted by atomic mass is 16.5. The molecule has 4 fully saturated rings. The average Bonchev–Trinajstić information content (AvgIpc) is 2.64. The van der Waals surface area contributed by atoms with Crippen LogP contribution in [0.2, 0.25) is 0 Å². The monoisotopic (exact) mass is 363 g/mol. The Labute approximate surface area is 161 Å². The van der Waals surface area contributed by atoms with E-state index in [-0.39, 0.29) is 5.54 Å². The van der Waals surface area contributed by atoms with Crippen molar-refractivity contribution < 1.29 is 9.84 Å². The molecule has 0 amide bonds. The van der Waals surface area contributed by atoms with E-state index < -0.39 is 5.60 Å². The van der Waals surface area contributed by atoms with Gasteiger partial charge in [-0.25, -0.2) is 0 Å². The normalized spacial score (nSPS) is 34.0. The first-order chi connectivity index (χ1) is 13.1. The lowest BCUT2D eigenvalue weighted by Gasteiger charge is -2.60. The van der Waals surface area contributed by atoms with Crippen molar-refractivity contribution >= 4 is 0 Å². The van der Waals surface area contributed by atoms with Gasteiger partial charge in [-0.2, -0.15) is 0 Å². The lowest BCUT2D eigenvalue weighted by atomic mass is 9.51. The van der Waals surface area contributed by atoms with Crippen LogP contribution in [-0.2, 0) is 13.2 Å². The van der Waals surface area contributed by atoms with Crippen molar-refractivity contribution in [2.45, 2.75) is 62.8 Å². The summed E-state index contributed by atoms with van der Waals surface area (Å²) in [5.41, 5.74) is 2.22. The Bertz CT molecular complexity index is 772. The van der Waals surface area contributed by atoms with Gasteiger partial charge in [0.05, 0.1) is 5.60 Å². The quantitative estimate of drug-likeness (QED) is 0.797. The number of ether oxygens (including phenoxy) is 1. The van der Waals surface area contributed by atoms with Gasteiger partial charge < -0.3 is 15.2 Å². The van der Waals surface area contributed by atoms with E-state index >= 15 is 0 Å². The second-order valence-electron chi connectivity index (χ2n) is 9.24. The summed E-state index contributed by atoms with van der Waals surface area (Å²) in [6, 6.07) is 18.7. The molecule has 0 saturated heterocycles. The molecule has 3 nitrogen and oxygen atoms in total. The Morgan fingerprint density at radius 1 is 0.889 bits per heavy atom. The highest BCUT2D eigenvalue weighted by Gasteiger charge is 2.56. The van der Waals surface area contributed by atoms with Gasteiger partial charge in [-0.05, 0) is 73.6 Å². The Morgan fingerprint density at radius 2 is 1.59 bits per heavy atom. The van der Waals surface area contributed by atoms with Crippen LogP contribution in [0.15, 0.2) is 54.6 Å². The van der Waals surface area contributed by atoms with Crippen LogP contribution in [0.4, 0.5) is 0 Å². The second kappa shape index (κ2) is 6.65. The van der Waals surface area contributed by atoms with Gasteiger partial charge in [-0.1, -0.05) is 42.5 Å². The molecule has 4 bridgehead atoms. The van der Waals surface area contributed by atoms with Crippen molar-refractivity contribution in [3.63, 3.8) is 0 Å². The standard InChI is InChI=1S/C24H29NO2/c26-24-13-20-10-21(14-24)12-23(11-20,17-24)25-15-18-6-8-22(9-7-18)27-16-19-4-2-1-3-5-19/h1-9,20-21,25-26H,10-17H2/t20-,21+,23?,24?. The maximum atomic E-state index is 10.9. The zero-order valence-corrected chi connectivity index (χ0v) is 15.9. The summed E-state index contributed by atoms with van der Waals surface area (Å²) in [5, 5.41) is 14.7. The van der Waals surface area contributed by atoms with Crippen LogP contribution in [0, 0.1) is 11.8 Å². The van der Waals surface area contributed by atoms with Crippen LogP contribution in [0.25, 0.3) is 0 Å². The summed E-state index contributed by atoms with van der Waals surface area (Å²) in [4.78, 5) is 0. The van der Waals surface area contributed by atoms with Crippen molar-refractivity contribution in [2.24, 2.45) is 11.8 Å². The van der Waals surface area contributed by atoms with Crippen LogP contribution in [-0.4, -0.2) is 16.2 Å². The topological polar surface area (TPSA) is 41.5 Å². The van der Waals surface area contributed by atoms with Crippen LogP contribution in [0.3, 0.4) is 0 Å². The zero-order valence-electron chi connectivity index (χ0n) is 15.9. The van der Waals surface area contributed by atoms with Gasteiger partial charge >= 0.3 is 0 Å². The zero-order chi connectivity index (χ0) is 18.3. The molecule has 0 aliphatic heterocycles. The highest BCUT2D eigenvalue weighted by Crippen LogP contribution is 2.57. The molecule has 2 aromatic rings. The van der Waals surface area contributed by atoms with E-state index in [1.165, 1.54) is 30.4 Å². The van der Waals surface area contributed by atoms with Crippen molar-refractivity contribution in [1.82, 2.24) is 5.32 Å². The molecule has 2 aromatic carbocycles. The van der Waals surface area contributed by atoms with Crippen LogP contribution >= 0.6 is 0 Å². The van der Waals surface area contributed by atoms with Crippen molar-refractivity contribution in [2.75, 3.05) is 0 Å². The predicted octanol–water partition coefficient (Wildman–Crippen LogP) is 4.44. The first kappa shape index (κ1) is 17.3. The Hall–Kier alpha value is -1.84. The number of rotatable bonds is 6. The summed E-state index contributed by atoms with van der Waals surface area (Å²) < 4.78 is 5.89. The molecule has 4 atom stereocenters. The molecular weight excluding hydrogens is 334 g/mol. The molecule has 2 unspecified atom stereocenters. The minimum Gasteiger partial charge on any atom is -0.489 e.